The van der Waals surface area contributed by atoms with E-state index in [2.05, 4.69) is 57.3 Å². The third kappa shape index (κ3) is 11.2. The number of alkyl halides is 2. The summed E-state index contributed by atoms with van der Waals surface area (Å²) in [7, 11) is 0. The molecule has 0 unspecified atom stereocenters. The van der Waals surface area contributed by atoms with Crippen molar-refractivity contribution in [3.05, 3.63) is 12.2 Å². The van der Waals surface area contributed by atoms with Crippen LogP contribution in [0.5, 0.6) is 0 Å². The summed E-state index contributed by atoms with van der Waals surface area (Å²) in [6, 6.07) is 0. The van der Waals surface area contributed by atoms with E-state index in [9.17, 15) is 0 Å². The minimum absolute atomic E-state index is 1.16. The molecule has 0 nitrogen and oxygen atoms in total. The van der Waals surface area contributed by atoms with Crippen LogP contribution >= 0.6 is 45.2 Å². The van der Waals surface area contributed by atoms with Crippen molar-refractivity contribution >= 4 is 45.2 Å². The Morgan fingerprint density at radius 1 is 0.750 bits per heavy atom. The van der Waals surface area contributed by atoms with Crippen molar-refractivity contribution < 1.29 is 0 Å². The minimum Gasteiger partial charge on any atom is -0.0878 e. The van der Waals surface area contributed by atoms with Gasteiger partial charge in [-0.25, -0.2) is 0 Å². The Labute approximate surface area is 104 Å². The Bertz CT molecular complexity index is 100. The molecule has 0 aliphatic rings. The van der Waals surface area contributed by atoms with Crippen LogP contribution < -0.4 is 0 Å². The van der Waals surface area contributed by atoms with Gasteiger partial charge in [0.2, 0.25) is 0 Å². The van der Waals surface area contributed by atoms with E-state index < -0.39 is 0 Å². The molecule has 0 aromatic heterocycles. The fourth-order valence-electron chi connectivity index (χ4n) is 1.07. The molecule has 0 N–H and O–H groups in total. The van der Waals surface area contributed by atoms with E-state index in [0.29, 0.717) is 0 Å². The van der Waals surface area contributed by atoms with E-state index in [1.165, 1.54) is 43.0 Å². The van der Waals surface area contributed by atoms with E-state index >= 15 is 0 Å². The lowest BCUT2D eigenvalue weighted by Gasteiger charge is -1.96. The summed E-state index contributed by atoms with van der Waals surface area (Å²) in [6.07, 6.45) is 12.9. The molecule has 0 heterocycles. The molecule has 0 radical (unpaired) electrons. The number of unbranched alkanes of at least 4 members (excludes halogenated alkanes) is 5. The molecule has 0 spiro atoms. The average molecular weight is 392 g/mol. The summed E-state index contributed by atoms with van der Waals surface area (Å²) in [5.74, 6) is 0. The maximum atomic E-state index is 2.45. The molecule has 72 valence electrons. The van der Waals surface area contributed by atoms with E-state index in [4.69, 9.17) is 0 Å². The first-order valence-corrected chi connectivity index (χ1v) is 7.74. The summed E-state index contributed by atoms with van der Waals surface area (Å²) >= 11 is 4.83. The molecule has 0 saturated heterocycles. The Morgan fingerprint density at radius 2 is 1.42 bits per heavy atom. The van der Waals surface area contributed by atoms with Gasteiger partial charge >= 0.3 is 0 Å². The molecule has 0 aromatic carbocycles. The predicted molar refractivity (Wildman–Crippen MR) is 74.6 cm³/mol. The first-order chi connectivity index (χ1) is 5.91. The Balaban J connectivity index is 2.86. The van der Waals surface area contributed by atoms with Crippen LogP contribution in [0.2, 0.25) is 0 Å². The number of rotatable bonds is 8. The summed E-state index contributed by atoms with van der Waals surface area (Å²) in [4.78, 5) is 0. The monoisotopic (exact) mass is 392 g/mol. The molecule has 0 fully saturated rings. The van der Waals surface area contributed by atoms with Gasteiger partial charge in [0, 0.05) is 4.43 Å². The highest BCUT2D eigenvalue weighted by Gasteiger charge is 1.87. The van der Waals surface area contributed by atoms with Crippen molar-refractivity contribution in [1.29, 1.82) is 0 Å². The largest absolute Gasteiger partial charge is 0.0878 e. The van der Waals surface area contributed by atoms with Crippen molar-refractivity contribution in [2.45, 2.75) is 38.5 Å². The summed E-state index contributed by atoms with van der Waals surface area (Å²) in [5.41, 5.74) is 0. The highest BCUT2D eigenvalue weighted by atomic mass is 127. The summed E-state index contributed by atoms with van der Waals surface area (Å²) in [6.45, 7) is 0. The topological polar surface area (TPSA) is 0 Å². The maximum Gasteiger partial charge on any atom is 0.0175 e. The molecule has 12 heavy (non-hydrogen) atoms. The van der Waals surface area contributed by atoms with Crippen LogP contribution in [-0.4, -0.2) is 8.86 Å². The average Bonchev–Trinajstić information content (AvgIpc) is 2.10. The fourth-order valence-corrected chi connectivity index (χ4v) is 1.97. The highest BCUT2D eigenvalue weighted by molar-refractivity contribution is 14.1. The second-order valence-corrected chi connectivity index (χ2v) is 4.83. The lowest BCUT2D eigenvalue weighted by molar-refractivity contribution is 0.642. The van der Waals surface area contributed by atoms with Gasteiger partial charge < -0.3 is 0 Å². The Morgan fingerprint density at radius 3 is 2.08 bits per heavy atom. The van der Waals surface area contributed by atoms with Crippen LogP contribution in [0.4, 0.5) is 0 Å². The van der Waals surface area contributed by atoms with Gasteiger partial charge in [-0.15, -0.1) is 0 Å². The smallest absolute Gasteiger partial charge is 0.0175 e. The normalized spacial score (nSPS) is 11.2. The molecule has 0 aromatic rings. The number of allylic oxidation sites excluding steroid dienone is 2. The van der Waals surface area contributed by atoms with Crippen LogP contribution in [0.3, 0.4) is 0 Å². The Kier molecular flexibility index (Phi) is 13.4. The van der Waals surface area contributed by atoms with Gasteiger partial charge in [-0.2, -0.15) is 0 Å². The van der Waals surface area contributed by atoms with E-state index in [1.807, 2.05) is 0 Å². The van der Waals surface area contributed by atoms with Crippen molar-refractivity contribution in [3.63, 3.8) is 0 Å². The number of halogens is 2. The Hall–Kier alpha value is 1.20. The molecule has 0 aliphatic carbocycles. The zero-order chi connectivity index (χ0) is 9.07. The van der Waals surface area contributed by atoms with Gasteiger partial charge in [-0.3, -0.25) is 0 Å². The third-order valence-electron chi connectivity index (χ3n) is 1.76. The van der Waals surface area contributed by atoms with E-state index in [1.54, 1.807) is 0 Å². The molecule has 0 amide bonds. The lowest BCUT2D eigenvalue weighted by atomic mass is 10.1. The third-order valence-corrected chi connectivity index (χ3v) is 3.03. The van der Waals surface area contributed by atoms with Gasteiger partial charge in [0.05, 0.1) is 0 Å². The standard InChI is InChI=1S/C10H18I2/c11-9-7-5-3-1-2-4-6-8-10-12/h5,7H,1-4,6,8-10H2. The van der Waals surface area contributed by atoms with Gasteiger partial charge in [0.1, 0.15) is 0 Å². The molecule has 0 bridgehead atoms. The van der Waals surface area contributed by atoms with Crippen LogP contribution in [0.25, 0.3) is 0 Å². The summed E-state index contributed by atoms with van der Waals surface area (Å²) < 4.78 is 2.49. The van der Waals surface area contributed by atoms with Crippen molar-refractivity contribution in [2.75, 3.05) is 8.86 Å². The van der Waals surface area contributed by atoms with Gasteiger partial charge in [0.25, 0.3) is 0 Å². The zero-order valence-electron chi connectivity index (χ0n) is 7.57. The van der Waals surface area contributed by atoms with Crippen molar-refractivity contribution in [2.24, 2.45) is 0 Å². The van der Waals surface area contributed by atoms with Crippen LogP contribution in [0.15, 0.2) is 12.2 Å². The van der Waals surface area contributed by atoms with Crippen LogP contribution in [-0.2, 0) is 0 Å². The lowest BCUT2D eigenvalue weighted by Crippen LogP contribution is -1.79. The number of hydrogen-bond acceptors (Lipinski definition) is 0. The van der Waals surface area contributed by atoms with Gasteiger partial charge in [-0.1, -0.05) is 76.6 Å². The SMILES string of the molecule is ICC=CCCCCCCCI. The molecule has 2 heteroatoms. The van der Waals surface area contributed by atoms with Crippen molar-refractivity contribution in [3.8, 4) is 0 Å². The molecule has 0 aliphatic heterocycles. The second-order valence-electron chi connectivity index (χ2n) is 2.87. The molecular weight excluding hydrogens is 374 g/mol. The quantitative estimate of drug-likeness (QED) is 0.242. The van der Waals surface area contributed by atoms with Gasteiger partial charge in [0.15, 0.2) is 0 Å². The van der Waals surface area contributed by atoms with E-state index in [-0.39, 0.29) is 0 Å². The van der Waals surface area contributed by atoms with Crippen molar-refractivity contribution in [1.82, 2.24) is 0 Å². The first kappa shape index (κ1) is 13.2. The molecule has 0 saturated carbocycles. The second kappa shape index (κ2) is 12.2. The van der Waals surface area contributed by atoms with Crippen LogP contribution in [0.1, 0.15) is 38.5 Å². The molecule has 0 rings (SSSR count). The minimum atomic E-state index is 1.16. The van der Waals surface area contributed by atoms with Gasteiger partial charge in [-0.05, 0) is 23.7 Å². The molecular formula is C10H18I2. The predicted octanol–water partition coefficient (Wildman–Crippen LogP) is 4.75. The maximum absolute atomic E-state index is 2.45. The highest BCUT2D eigenvalue weighted by Crippen LogP contribution is 2.06. The first-order valence-electron chi connectivity index (χ1n) is 4.68. The number of hydrogen-bond donors (Lipinski definition) is 0. The fraction of sp³-hybridized carbons (Fsp3) is 0.800. The zero-order valence-corrected chi connectivity index (χ0v) is 11.9. The van der Waals surface area contributed by atoms with Crippen LogP contribution in [0, 0.1) is 0 Å². The van der Waals surface area contributed by atoms with E-state index in [0.717, 1.165) is 4.43 Å². The summed E-state index contributed by atoms with van der Waals surface area (Å²) in [5, 5.41) is 0. The molecule has 0 atom stereocenters.